The number of amides is 2. The number of thioether (sulfide) groups is 1. The number of anilines is 2. The maximum Gasteiger partial charge on any atom is 0.307 e. The van der Waals surface area contributed by atoms with Crippen LogP contribution in [0, 0.1) is 11.8 Å². The van der Waals surface area contributed by atoms with Crippen molar-refractivity contribution in [2.24, 2.45) is 11.8 Å². The van der Waals surface area contributed by atoms with Gasteiger partial charge in [0.05, 0.1) is 22.1 Å². The quantitative estimate of drug-likeness (QED) is 0.416. The van der Waals surface area contributed by atoms with Crippen molar-refractivity contribution in [1.29, 1.82) is 0 Å². The molecule has 0 saturated carbocycles. The summed E-state index contributed by atoms with van der Waals surface area (Å²) in [6.07, 6.45) is 5.87. The molecular weight excluding hydrogens is 438 g/mol. The van der Waals surface area contributed by atoms with Gasteiger partial charge in [0, 0.05) is 16.8 Å². The molecule has 0 fully saturated rings. The zero-order valence-corrected chi connectivity index (χ0v) is 18.3. The predicted molar refractivity (Wildman–Crippen MR) is 121 cm³/mol. The van der Waals surface area contributed by atoms with Crippen molar-refractivity contribution < 1.29 is 19.5 Å². The molecule has 0 bridgehead atoms. The van der Waals surface area contributed by atoms with E-state index in [0.29, 0.717) is 29.4 Å². The van der Waals surface area contributed by atoms with E-state index in [1.807, 2.05) is 6.08 Å². The van der Waals surface area contributed by atoms with E-state index >= 15 is 0 Å². The zero-order valence-electron chi connectivity index (χ0n) is 16.7. The van der Waals surface area contributed by atoms with Crippen LogP contribution in [0.15, 0.2) is 59.6 Å². The van der Waals surface area contributed by atoms with Gasteiger partial charge in [-0.1, -0.05) is 23.8 Å². The Labute approximate surface area is 189 Å². The Kier molecular flexibility index (Phi) is 7.70. The molecule has 31 heavy (non-hydrogen) atoms. The van der Waals surface area contributed by atoms with Crippen LogP contribution in [0.3, 0.4) is 0 Å². The minimum absolute atomic E-state index is 0.192. The average Bonchev–Trinajstić information content (AvgIpc) is 2.76. The summed E-state index contributed by atoms with van der Waals surface area (Å²) in [6.45, 7) is 1.79. The number of halogens is 1. The Bertz CT molecular complexity index is 979. The first-order chi connectivity index (χ1) is 14.8. The van der Waals surface area contributed by atoms with E-state index in [-0.39, 0.29) is 17.1 Å². The Balaban J connectivity index is 1.55. The van der Waals surface area contributed by atoms with Crippen molar-refractivity contribution in [3.63, 3.8) is 0 Å². The molecule has 0 spiro atoms. The SMILES string of the molecule is CC(Sc1ccc(NC(=O)C2CC=CCC2C(=O)O)cc1)C(=O)Nc1ccc(Cl)cn1. The number of carbonyl (C=O) groups excluding carboxylic acids is 2. The fourth-order valence-electron chi connectivity index (χ4n) is 3.16. The van der Waals surface area contributed by atoms with E-state index in [9.17, 15) is 19.5 Å². The number of carboxylic acid groups (broad SMARTS) is 1. The maximum atomic E-state index is 12.5. The lowest BCUT2D eigenvalue weighted by Crippen LogP contribution is -2.34. The number of benzene rings is 1. The molecule has 0 aliphatic heterocycles. The molecule has 9 heteroatoms. The molecule has 1 aliphatic rings. The number of nitrogens with zero attached hydrogens (tertiary/aromatic N) is 1. The third-order valence-electron chi connectivity index (χ3n) is 4.87. The molecule has 2 amide bonds. The van der Waals surface area contributed by atoms with Gasteiger partial charge in [-0.2, -0.15) is 0 Å². The van der Waals surface area contributed by atoms with Gasteiger partial charge in [0.2, 0.25) is 11.8 Å². The lowest BCUT2D eigenvalue weighted by molar-refractivity contribution is -0.146. The summed E-state index contributed by atoms with van der Waals surface area (Å²) in [6, 6.07) is 10.4. The standard InChI is InChI=1S/C22H22ClN3O4S/c1-13(20(27)26-19-11-6-14(23)12-24-19)31-16-9-7-15(8-10-16)25-21(28)17-4-2-3-5-18(17)22(29)30/h2-3,6-13,17-18H,4-5H2,1H3,(H,25,28)(H,29,30)(H,24,26,27). The van der Waals surface area contributed by atoms with Gasteiger partial charge in [-0.25, -0.2) is 4.98 Å². The van der Waals surface area contributed by atoms with Crippen LogP contribution in [0.5, 0.6) is 0 Å². The lowest BCUT2D eigenvalue weighted by Gasteiger charge is -2.24. The van der Waals surface area contributed by atoms with Gasteiger partial charge < -0.3 is 15.7 Å². The van der Waals surface area contributed by atoms with Crippen LogP contribution in [0.4, 0.5) is 11.5 Å². The normalized spacial score (nSPS) is 18.8. The van der Waals surface area contributed by atoms with E-state index in [4.69, 9.17) is 11.6 Å². The number of rotatable bonds is 7. The van der Waals surface area contributed by atoms with Gasteiger partial charge in [0.1, 0.15) is 5.82 Å². The van der Waals surface area contributed by atoms with Gasteiger partial charge >= 0.3 is 5.97 Å². The molecule has 3 N–H and O–H groups in total. The van der Waals surface area contributed by atoms with Crippen LogP contribution in [0.2, 0.25) is 5.02 Å². The molecule has 7 nitrogen and oxygen atoms in total. The molecule has 162 valence electrons. The second-order valence-corrected chi connectivity index (χ2v) is 8.97. The highest BCUT2D eigenvalue weighted by Crippen LogP contribution is 2.29. The van der Waals surface area contributed by atoms with Crippen molar-refractivity contribution in [3.05, 3.63) is 59.8 Å². The third-order valence-corrected chi connectivity index (χ3v) is 6.20. The first-order valence-corrected chi connectivity index (χ1v) is 11.0. The maximum absolute atomic E-state index is 12.5. The highest BCUT2D eigenvalue weighted by atomic mass is 35.5. The molecular formula is C22H22ClN3O4S. The Hall–Kier alpha value is -2.84. The van der Waals surface area contributed by atoms with Crippen LogP contribution in [0.1, 0.15) is 19.8 Å². The molecule has 0 radical (unpaired) electrons. The van der Waals surface area contributed by atoms with Crippen LogP contribution in [0.25, 0.3) is 0 Å². The number of aromatic nitrogens is 1. The van der Waals surface area contributed by atoms with Gasteiger partial charge in [0.15, 0.2) is 0 Å². The number of carbonyl (C=O) groups is 3. The molecule has 1 aromatic heterocycles. The first-order valence-electron chi connectivity index (χ1n) is 9.71. The van der Waals surface area contributed by atoms with Gasteiger partial charge in [-0.3, -0.25) is 14.4 Å². The van der Waals surface area contributed by atoms with Crippen molar-refractivity contribution in [2.45, 2.75) is 29.9 Å². The molecule has 1 aliphatic carbocycles. The number of aliphatic carboxylic acids is 1. The molecule has 1 aromatic carbocycles. The summed E-state index contributed by atoms with van der Waals surface area (Å²) in [4.78, 5) is 41.2. The predicted octanol–water partition coefficient (Wildman–Crippen LogP) is 4.46. The number of nitrogens with one attached hydrogen (secondary N) is 2. The highest BCUT2D eigenvalue weighted by molar-refractivity contribution is 8.00. The number of carboxylic acids is 1. The Morgan fingerprint density at radius 1 is 1.06 bits per heavy atom. The number of pyridine rings is 1. The second kappa shape index (κ2) is 10.5. The summed E-state index contributed by atoms with van der Waals surface area (Å²) < 4.78 is 0. The van der Waals surface area contributed by atoms with Crippen LogP contribution >= 0.6 is 23.4 Å². The largest absolute Gasteiger partial charge is 0.481 e. The molecule has 3 atom stereocenters. The molecule has 3 unspecified atom stereocenters. The van der Waals surface area contributed by atoms with Crippen LogP contribution < -0.4 is 10.6 Å². The van der Waals surface area contributed by atoms with Crippen LogP contribution in [-0.4, -0.2) is 33.1 Å². The molecule has 3 rings (SSSR count). The fourth-order valence-corrected chi connectivity index (χ4v) is 4.14. The Morgan fingerprint density at radius 3 is 2.35 bits per heavy atom. The average molecular weight is 460 g/mol. The topological polar surface area (TPSA) is 108 Å². The Morgan fingerprint density at radius 2 is 1.74 bits per heavy atom. The van der Waals surface area contributed by atoms with Gasteiger partial charge in [-0.15, -0.1) is 11.8 Å². The summed E-state index contributed by atoms with van der Waals surface area (Å²) in [5.41, 5.74) is 0.579. The smallest absolute Gasteiger partial charge is 0.307 e. The van der Waals surface area contributed by atoms with Crippen LogP contribution in [-0.2, 0) is 14.4 Å². The summed E-state index contributed by atoms with van der Waals surface area (Å²) in [5, 5.41) is 15.0. The van der Waals surface area contributed by atoms with Crippen molar-refractivity contribution in [2.75, 3.05) is 10.6 Å². The monoisotopic (exact) mass is 459 g/mol. The van der Waals surface area contributed by atoms with E-state index in [1.165, 1.54) is 18.0 Å². The zero-order chi connectivity index (χ0) is 22.4. The van der Waals surface area contributed by atoms with Crippen molar-refractivity contribution >= 4 is 52.7 Å². The van der Waals surface area contributed by atoms with Gasteiger partial charge in [0.25, 0.3) is 0 Å². The third kappa shape index (κ3) is 6.32. The summed E-state index contributed by atoms with van der Waals surface area (Å²) in [5.74, 6) is -2.34. The molecule has 1 heterocycles. The second-order valence-electron chi connectivity index (χ2n) is 7.12. The minimum atomic E-state index is -0.961. The number of hydrogen-bond donors (Lipinski definition) is 3. The van der Waals surface area contributed by atoms with Crippen molar-refractivity contribution in [3.8, 4) is 0 Å². The first kappa shape index (κ1) is 22.8. The highest BCUT2D eigenvalue weighted by Gasteiger charge is 2.33. The van der Waals surface area contributed by atoms with E-state index < -0.39 is 17.8 Å². The molecule has 0 saturated heterocycles. The molecule has 2 aromatic rings. The van der Waals surface area contributed by atoms with Gasteiger partial charge in [-0.05, 0) is 56.2 Å². The van der Waals surface area contributed by atoms with Crippen molar-refractivity contribution in [1.82, 2.24) is 4.98 Å². The summed E-state index contributed by atoms with van der Waals surface area (Å²) >= 11 is 7.16. The number of hydrogen-bond acceptors (Lipinski definition) is 5. The van der Waals surface area contributed by atoms with E-state index in [2.05, 4.69) is 15.6 Å². The number of allylic oxidation sites excluding steroid dienone is 2. The fraction of sp³-hybridized carbons (Fsp3) is 0.273. The lowest BCUT2D eigenvalue weighted by atomic mass is 9.82. The minimum Gasteiger partial charge on any atom is -0.481 e. The summed E-state index contributed by atoms with van der Waals surface area (Å²) in [7, 11) is 0. The van der Waals surface area contributed by atoms with E-state index in [1.54, 1.807) is 49.4 Å². The van der Waals surface area contributed by atoms with E-state index in [0.717, 1.165) is 4.90 Å².